The van der Waals surface area contributed by atoms with E-state index in [0.717, 1.165) is 34.4 Å². The molecule has 0 bridgehead atoms. The van der Waals surface area contributed by atoms with Gasteiger partial charge in [0.15, 0.2) is 0 Å². The van der Waals surface area contributed by atoms with Crippen molar-refractivity contribution >= 4 is 5.71 Å². The second-order valence-electron chi connectivity index (χ2n) is 4.92. The molecular formula is C18H25NO. The summed E-state index contributed by atoms with van der Waals surface area (Å²) in [5.41, 5.74) is 6.06. The van der Waals surface area contributed by atoms with Gasteiger partial charge in [-0.05, 0) is 38.3 Å². The summed E-state index contributed by atoms with van der Waals surface area (Å²) < 4.78 is 0. The van der Waals surface area contributed by atoms with Crippen molar-refractivity contribution in [1.29, 1.82) is 0 Å². The van der Waals surface area contributed by atoms with Gasteiger partial charge < -0.3 is 5.11 Å². The van der Waals surface area contributed by atoms with Gasteiger partial charge in [-0.1, -0.05) is 43.3 Å². The van der Waals surface area contributed by atoms with Crippen LogP contribution in [0.15, 0.2) is 52.6 Å². The number of hydrogen-bond acceptors (Lipinski definition) is 2. The first kappa shape index (κ1) is 16.4. The van der Waals surface area contributed by atoms with Crippen molar-refractivity contribution in [3.8, 4) is 0 Å². The summed E-state index contributed by atoms with van der Waals surface area (Å²) in [6, 6.07) is 8.39. The van der Waals surface area contributed by atoms with E-state index in [4.69, 9.17) is 0 Å². The number of aliphatic imine (C=N–C) groups is 1. The Labute approximate surface area is 122 Å². The van der Waals surface area contributed by atoms with Crippen LogP contribution in [0, 0.1) is 0 Å². The van der Waals surface area contributed by atoms with E-state index >= 15 is 0 Å². The van der Waals surface area contributed by atoms with Crippen molar-refractivity contribution in [3.63, 3.8) is 0 Å². The summed E-state index contributed by atoms with van der Waals surface area (Å²) in [5.74, 6) is 0. The van der Waals surface area contributed by atoms with Crippen LogP contribution in [0.25, 0.3) is 0 Å². The molecule has 1 N–H and O–H groups in total. The number of allylic oxidation sites excluding steroid dienone is 2. The number of aryl methyl sites for hydroxylation is 1. The number of nitrogens with zero attached hydrogens (tertiary/aromatic N) is 1. The summed E-state index contributed by atoms with van der Waals surface area (Å²) in [6.45, 7) is 12.7. The lowest BCUT2D eigenvalue weighted by Crippen LogP contribution is -2.12. The van der Waals surface area contributed by atoms with Crippen LogP contribution < -0.4 is 0 Å². The molecule has 0 aliphatic rings. The van der Waals surface area contributed by atoms with Crippen molar-refractivity contribution in [2.45, 2.75) is 34.1 Å². The highest BCUT2D eigenvalue weighted by atomic mass is 16.3. The Morgan fingerprint density at radius 3 is 2.15 bits per heavy atom. The van der Waals surface area contributed by atoms with Crippen LogP contribution in [0.1, 0.15) is 38.8 Å². The highest BCUT2D eigenvalue weighted by Gasteiger charge is 2.12. The molecule has 20 heavy (non-hydrogen) atoms. The summed E-state index contributed by atoms with van der Waals surface area (Å²) in [4.78, 5) is 4.58. The lowest BCUT2D eigenvalue weighted by Gasteiger charge is -2.14. The second kappa shape index (κ2) is 7.81. The molecule has 0 amide bonds. The largest absolute Gasteiger partial charge is 0.392 e. The number of hydrogen-bond donors (Lipinski definition) is 1. The maximum absolute atomic E-state index is 9.72. The lowest BCUT2D eigenvalue weighted by molar-refractivity contribution is 0.336. The van der Waals surface area contributed by atoms with E-state index in [1.165, 1.54) is 5.56 Å². The van der Waals surface area contributed by atoms with Crippen molar-refractivity contribution in [2.75, 3.05) is 13.2 Å². The SMILES string of the molecule is C=C(C)/C(C)=C(\CO)C(=NCC)c1ccc(CC)cc1. The smallest absolute Gasteiger partial charge is 0.0705 e. The van der Waals surface area contributed by atoms with Crippen LogP contribution in [0.5, 0.6) is 0 Å². The van der Waals surface area contributed by atoms with Crippen LogP contribution in [-0.4, -0.2) is 24.0 Å². The van der Waals surface area contributed by atoms with Gasteiger partial charge >= 0.3 is 0 Å². The van der Waals surface area contributed by atoms with Crippen LogP contribution >= 0.6 is 0 Å². The molecule has 0 saturated carbocycles. The normalized spacial score (nSPS) is 13.2. The highest BCUT2D eigenvalue weighted by Crippen LogP contribution is 2.19. The van der Waals surface area contributed by atoms with Gasteiger partial charge in [0.25, 0.3) is 0 Å². The molecule has 0 aromatic heterocycles. The fourth-order valence-corrected chi connectivity index (χ4v) is 2.05. The minimum atomic E-state index is -0.0208. The Hall–Kier alpha value is -1.67. The Bertz CT molecular complexity index is 521. The maximum atomic E-state index is 9.72. The van der Waals surface area contributed by atoms with Gasteiger partial charge in [0.2, 0.25) is 0 Å². The Kier molecular flexibility index (Phi) is 6.40. The van der Waals surface area contributed by atoms with Crippen LogP contribution in [0.4, 0.5) is 0 Å². The average Bonchev–Trinajstić information content (AvgIpc) is 2.47. The van der Waals surface area contributed by atoms with Gasteiger partial charge in [-0.3, -0.25) is 4.99 Å². The minimum absolute atomic E-state index is 0.0208. The van der Waals surface area contributed by atoms with Crippen molar-refractivity contribution in [3.05, 3.63) is 58.7 Å². The van der Waals surface area contributed by atoms with E-state index in [1.807, 2.05) is 20.8 Å². The number of aliphatic hydroxyl groups excluding tert-OH is 1. The molecular weight excluding hydrogens is 246 g/mol. The van der Waals surface area contributed by atoms with E-state index in [2.05, 4.69) is 42.8 Å². The van der Waals surface area contributed by atoms with Gasteiger partial charge in [-0.2, -0.15) is 0 Å². The molecule has 0 saturated heterocycles. The average molecular weight is 271 g/mol. The minimum Gasteiger partial charge on any atom is -0.392 e. The van der Waals surface area contributed by atoms with Gasteiger partial charge in [-0.15, -0.1) is 0 Å². The second-order valence-corrected chi connectivity index (χ2v) is 4.92. The van der Waals surface area contributed by atoms with Gasteiger partial charge in [-0.25, -0.2) is 0 Å². The predicted octanol–water partition coefficient (Wildman–Crippen LogP) is 3.94. The monoisotopic (exact) mass is 271 g/mol. The van der Waals surface area contributed by atoms with Crippen LogP contribution in [-0.2, 0) is 6.42 Å². The fraction of sp³-hybridized carbons (Fsp3) is 0.389. The van der Waals surface area contributed by atoms with Crippen LogP contribution in [0.2, 0.25) is 0 Å². The zero-order chi connectivity index (χ0) is 15.1. The molecule has 0 aliphatic heterocycles. The Morgan fingerprint density at radius 1 is 1.15 bits per heavy atom. The standard InChI is InChI=1S/C18H25NO/c1-6-15-8-10-16(11-9-15)18(19-7-2)17(12-20)14(5)13(3)4/h8-11,20H,3,6-7,12H2,1-2,4-5H3/b17-14+,19-18?. The number of benzene rings is 1. The molecule has 1 aromatic rings. The van der Waals surface area contributed by atoms with Gasteiger partial charge in [0.05, 0.1) is 12.3 Å². The number of rotatable bonds is 6. The molecule has 0 fully saturated rings. The third kappa shape index (κ3) is 3.91. The van der Waals surface area contributed by atoms with Gasteiger partial charge in [0.1, 0.15) is 0 Å². The molecule has 1 aromatic carbocycles. The first-order valence-corrected chi connectivity index (χ1v) is 7.15. The maximum Gasteiger partial charge on any atom is 0.0705 e. The van der Waals surface area contributed by atoms with Gasteiger partial charge in [0, 0.05) is 17.7 Å². The molecule has 1 rings (SSSR count). The summed E-state index contributed by atoms with van der Waals surface area (Å²) in [5, 5.41) is 9.72. The summed E-state index contributed by atoms with van der Waals surface area (Å²) in [6.07, 6.45) is 1.02. The van der Waals surface area contributed by atoms with Crippen molar-refractivity contribution < 1.29 is 5.11 Å². The predicted molar refractivity (Wildman–Crippen MR) is 87.5 cm³/mol. The Morgan fingerprint density at radius 2 is 1.75 bits per heavy atom. The molecule has 2 nitrogen and oxygen atoms in total. The zero-order valence-electron chi connectivity index (χ0n) is 13.0. The van der Waals surface area contributed by atoms with E-state index in [9.17, 15) is 5.11 Å². The first-order chi connectivity index (χ1) is 9.54. The van der Waals surface area contributed by atoms with E-state index in [1.54, 1.807) is 0 Å². The molecule has 0 aliphatic carbocycles. The van der Waals surface area contributed by atoms with Crippen molar-refractivity contribution in [2.24, 2.45) is 4.99 Å². The van der Waals surface area contributed by atoms with E-state index < -0.39 is 0 Å². The fourth-order valence-electron chi connectivity index (χ4n) is 2.05. The highest BCUT2D eigenvalue weighted by molar-refractivity contribution is 6.13. The third-order valence-corrected chi connectivity index (χ3v) is 3.49. The molecule has 0 spiro atoms. The molecule has 0 radical (unpaired) electrons. The topological polar surface area (TPSA) is 32.6 Å². The Balaban J connectivity index is 3.33. The molecule has 108 valence electrons. The lowest BCUT2D eigenvalue weighted by atomic mass is 9.95. The van der Waals surface area contributed by atoms with E-state index in [0.29, 0.717) is 6.54 Å². The number of aliphatic hydroxyl groups is 1. The summed E-state index contributed by atoms with van der Waals surface area (Å²) >= 11 is 0. The third-order valence-electron chi connectivity index (χ3n) is 3.49. The zero-order valence-corrected chi connectivity index (χ0v) is 13.0. The molecule has 2 heteroatoms. The van der Waals surface area contributed by atoms with E-state index in [-0.39, 0.29) is 6.61 Å². The first-order valence-electron chi connectivity index (χ1n) is 7.15. The molecule has 0 atom stereocenters. The molecule has 0 heterocycles. The summed E-state index contributed by atoms with van der Waals surface area (Å²) in [7, 11) is 0. The quantitative estimate of drug-likeness (QED) is 0.617. The van der Waals surface area contributed by atoms with Crippen LogP contribution in [0.3, 0.4) is 0 Å². The molecule has 0 unspecified atom stereocenters. The van der Waals surface area contributed by atoms with Crippen molar-refractivity contribution in [1.82, 2.24) is 0 Å².